The first-order chi connectivity index (χ1) is 15.0. The second kappa shape index (κ2) is 8.30. The summed E-state index contributed by atoms with van der Waals surface area (Å²) in [5.41, 5.74) is 5.06. The predicted octanol–water partition coefficient (Wildman–Crippen LogP) is 3.07. The number of piperazine rings is 1. The number of hydrogen-bond acceptors (Lipinski definition) is 6. The van der Waals surface area contributed by atoms with Crippen molar-refractivity contribution in [3.05, 3.63) is 64.8 Å². The number of thioether (sulfide) groups is 1. The van der Waals surface area contributed by atoms with Crippen LogP contribution in [0.4, 0.5) is 4.79 Å². The number of carbonyl (C=O) groups is 2. The van der Waals surface area contributed by atoms with Gasteiger partial charge in [0.15, 0.2) is 0 Å². The van der Waals surface area contributed by atoms with E-state index in [1.54, 1.807) is 6.08 Å². The number of hydrogen-bond donors (Lipinski definition) is 1. The summed E-state index contributed by atoms with van der Waals surface area (Å²) in [6.45, 7) is 5.32. The maximum absolute atomic E-state index is 11.9. The van der Waals surface area contributed by atoms with Crippen molar-refractivity contribution in [2.24, 2.45) is 0 Å². The molecule has 2 saturated heterocycles. The molecule has 158 valence electrons. The molecule has 1 N–H and O–H groups in total. The Morgan fingerprint density at radius 3 is 2.74 bits per heavy atom. The summed E-state index contributed by atoms with van der Waals surface area (Å²) in [7, 11) is 2.17. The molecule has 8 heteroatoms. The summed E-state index contributed by atoms with van der Waals surface area (Å²) in [5.74, 6) is -0.349. The Hall–Kier alpha value is -2.94. The van der Waals surface area contributed by atoms with Crippen LogP contribution in [0.25, 0.3) is 23.0 Å². The highest BCUT2D eigenvalue weighted by atomic mass is 32.2. The molecule has 0 unspecified atom stereocenters. The molecule has 4 heterocycles. The fourth-order valence-electron chi connectivity index (χ4n) is 3.96. The van der Waals surface area contributed by atoms with Gasteiger partial charge >= 0.3 is 0 Å². The van der Waals surface area contributed by atoms with Crippen molar-refractivity contribution >= 4 is 34.6 Å². The molecule has 0 atom stereocenters. The smallest absolute Gasteiger partial charge is 0.290 e. The van der Waals surface area contributed by atoms with E-state index >= 15 is 0 Å². The zero-order chi connectivity index (χ0) is 21.4. The molecule has 0 aliphatic carbocycles. The highest BCUT2D eigenvalue weighted by Crippen LogP contribution is 2.27. The Morgan fingerprint density at radius 1 is 1.13 bits per heavy atom. The number of fused-ring (bicyclic) bond motifs is 1. The number of likely N-dealkylation sites (N-methyl/N-ethyl adjacent to an activating group) is 1. The van der Waals surface area contributed by atoms with Crippen molar-refractivity contribution in [2.75, 3.05) is 33.2 Å². The normalized spacial score (nSPS) is 19.5. The fourth-order valence-corrected chi connectivity index (χ4v) is 4.64. The average molecular weight is 434 g/mol. The lowest BCUT2D eigenvalue weighted by Gasteiger charge is -2.32. The first kappa shape index (κ1) is 20.0. The van der Waals surface area contributed by atoms with Crippen molar-refractivity contribution in [3.8, 4) is 11.3 Å². The van der Waals surface area contributed by atoms with Crippen molar-refractivity contribution in [2.45, 2.75) is 6.54 Å². The number of benzene rings is 1. The summed E-state index contributed by atoms with van der Waals surface area (Å²) in [4.78, 5) is 33.1. The molecule has 2 aliphatic heterocycles. The van der Waals surface area contributed by atoms with Crippen molar-refractivity contribution in [1.82, 2.24) is 24.5 Å². The van der Waals surface area contributed by atoms with Crippen molar-refractivity contribution in [3.63, 3.8) is 0 Å². The fraction of sp³-hybridized carbons (Fsp3) is 0.261. The molecule has 7 nitrogen and oxygen atoms in total. The molecule has 2 aromatic heterocycles. The number of imide groups is 1. The lowest BCUT2D eigenvalue weighted by Crippen LogP contribution is -2.43. The molecular formula is C23H23N5O2S. The molecule has 0 radical (unpaired) electrons. The first-order valence-electron chi connectivity index (χ1n) is 10.3. The number of aromatic nitrogens is 2. The molecule has 2 amide bonds. The number of nitrogens with zero attached hydrogens (tertiary/aromatic N) is 4. The largest absolute Gasteiger partial charge is 0.304 e. The SMILES string of the molecule is CN1CCN(Cc2cccc(-c3cnc4ccc(/C=C5\SC(=O)NC5=O)cn34)c2)CC1. The Morgan fingerprint density at radius 2 is 1.97 bits per heavy atom. The van der Waals surface area contributed by atoms with Crippen LogP contribution in [0.3, 0.4) is 0 Å². The summed E-state index contributed by atoms with van der Waals surface area (Å²) >= 11 is 0.924. The second-order valence-electron chi connectivity index (χ2n) is 7.97. The van der Waals surface area contributed by atoms with Gasteiger partial charge in [-0.25, -0.2) is 4.98 Å². The molecule has 1 aromatic carbocycles. The van der Waals surface area contributed by atoms with Gasteiger partial charge in [-0.2, -0.15) is 0 Å². The predicted molar refractivity (Wildman–Crippen MR) is 123 cm³/mol. The van der Waals surface area contributed by atoms with E-state index < -0.39 is 0 Å². The van der Waals surface area contributed by atoms with Crippen LogP contribution in [0.2, 0.25) is 0 Å². The number of imidazole rings is 1. The van der Waals surface area contributed by atoms with E-state index in [4.69, 9.17) is 0 Å². The topological polar surface area (TPSA) is 69.9 Å². The number of rotatable bonds is 4. The van der Waals surface area contributed by atoms with Crippen LogP contribution in [-0.2, 0) is 11.3 Å². The van der Waals surface area contributed by atoms with E-state index in [1.807, 2.05) is 28.9 Å². The molecule has 5 rings (SSSR count). The van der Waals surface area contributed by atoms with Crippen LogP contribution in [0.1, 0.15) is 11.1 Å². The van der Waals surface area contributed by atoms with Crippen molar-refractivity contribution < 1.29 is 9.59 Å². The van der Waals surface area contributed by atoms with Gasteiger partial charge in [0.2, 0.25) is 0 Å². The van der Waals surface area contributed by atoms with Crippen LogP contribution >= 0.6 is 11.8 Å². The van der Waals surface area contributed by atoms with Gasteiger partial charge in [-0.1, -0.05) is 18.2 Å². The van der Waals surface area contributed by atoms with Gasteiger partial charge in [0.05, 0.1) is 16.8 Å². The third-order valence-electron chi connectivity index (χ3n) is 5.69. The highest BCUT2D eigenvalue weighted by molar-refractivity contribution is 8.18. The van der Waals surface area contributed by atoms with Gasteiger partial charge < -0.3 is 4.90 Å². The van der Waals surface area contributed by atoms with Crippen LogP contribution in [0.5, 0.6) is 0 Å². The van der Waals surface area contributed by atoms with Crippen LogP contribution in [0, 0.1) is 0 Å². The third-order valence-corrected chi connectivity index (χ3v) is 6.50. The summed E-state index contributed by atoms with van der Waals surface area (Å²) in [6, 6.07) is 12.4. The van der Waals surface area contributed by atoms with Crippen LogP contribution in [0.15, 0.2) is 53.7 Å². The minimum atomic E-state index is -0.349. The lowest BCUT2D eigenvalue weighted by molar-refractivity contribution is -0.115. The summed E-state index contributed by atoms with van der Waals surface area (Å²) in [6.07, 6.45) is 5.56. The standard InChI is InChI=1S/C23H23N5O2S/c1-26-7-9-27(10-8-26)14-16-3-2-4-18(11-16)19-13-24-21-6-5-17(15-28(19)21)12-20-22(29)25-23(30)31-20/h2-6,11-13,15H,7-10,14H2,1H3,(H,25,29,30)/b20-12-. The van der Waals surface area contributed by atoms with Gasteiger partial charge in [0.25, 0.3) is 11.1 Å². The zero-order valence-electron chi connectivity index (χ0n) is 17.2. The van der Waals surface area contributed by atoms with E-state index in [9.17, 15) is 9.59 Å². The first-order valence-corrected chi connectivity index (χ1v) is 11.1. The number of amides is 2. The maximum atomic E-state index is 11.9. The average Bonchev–Trinajstić information content (AvgIpc) is 3.32. The Bertz CT molecular complexity index is 1190. The molecule has 0 saturated carbocycles. The highest BCUT2D eigenvalue weighted by Gasteiger charge is 2.25. The van der Waals surface area contributed by atoms with E-state index in [0.717, 1.165) is 67.0 Å². The quantitative estimate of drug-likeness (QED) is 0.638. The van der Waals surface area contributed by atoms with E-state index in [-0.39, 0.29) is 11.1 Å². The molecule has 0 spiro atoms. The molecule has 2 aliphatic rings. The van der Waals surface area contributed by atoms with Crippen molar-refractivity contribution in [1.29, 1.82) is 0 Å². The maximum Gasteiger partial charge on any atom is 0.290 e. The zero-order valence-corrected chi connectivity index (χ0v) is 18.1. The Balaban J connectivity index is 1.43. The van der Waals surface area contributed by atoms with Gasteiger partial charge in [0.1, 0.15) is 5.65 Å². The second-order valence-corrected chi connectivity index (χ2v) is 8.98. The van der Waals surface area contributed by atoms with Gasteiger partial charge in [0, 0.05) is 44.5 Å². The Kier molecular flexibility index (Phi) is 5.35. The summed E-state index contributed by atoms with van der Waals surface area (Å²) < 4.78 is 2.03. The number of carbonyl (C=O) groups excluding carboxylic acids is 2. The van der Waals surface area contributed by atoms with Crippen LogP contribution < -0.4 is 5.32 Å². The monoisotopic (exact) mass is 433 g/mol. The minimum Gasteiger partial charge on any atom is -0.304 e. The van der Waals surface area contributed by atoms with Gasteiger partial charge in [-0.3, -0.25) is 24.2 Å². The van der Waals surface area contributed by atoms with E-state index in [0.29, 0.717) is 4.91 Å². The molecule has 31 heavy (non-hydrogen) atoms. The number of nitrogens with one attached hydrogen (secondary N) is 1. The van der Waals surface area contributed by atoms with Gasteiger partial charge in [-0.15, -0.1) is 0 Å². The van der Waals surface area contributed by atoms with Crippen LogP contribution in [-0.4, -0.2) is 63.6 Å². The molecule has 0 bridgehead atoms. The van der Waals surface area contributed by atoms with E-state index in [2.05, 4.69) is 51.4 Å². The molecule has 3 aromatic rings. The van der Waals surface area contributed by atoms with Gasteiger partial charge in [-0.05, 0) is 54.2 Å². The third kappa shape index (κ3) is 4.27. The molecule has 2 fully saturated rings. The molecular weight excluding hydrogens is 410 g/mol. The van der Waals surface area contributed by atoms with E-state index in [1.165, 1.54) is 5.56 Å². The summed E-state index contributed by atoms with van der Waals surface area (Å²) in [5, 5.41) is 1.95. The Labute approximate surface area is 184 Å². The lowest BCUT2D eigenvalue weighted by atomic mass is 10.1. The number of pyridine rings is 1. The minimum absolute atomic E-state index is 0.335.